The van der Waals surface area contributed by atoms with E-state index in [1.165, 1.54) is 38.1 Å². The van der Waals surface area contributed by atoms with Gasteiger partial charge in [0.2, 0.25) is 5.91 Å². The fourth-order valence-corrected chi connectivity index (χ4v) is 7.18. The molecule has 2 heterocycles. The molecule has 5 nitrogen and oxygen atoms in total. The number of hydrogen-bond acceptors (Lipinski definition) is 4. The number of thioether (sulfide) groups is 1. The summed E-state index contributed by atoms with van der Waals surface area (Å²) < 4.78 is 13.5. The number of benzene rings is 2. The summed E-state index contributed by atoms with van der Waals surface area (Å²) in [6.45, 7) is 4.52. The van der Waals surface area contributed by atoms with E-state index in [4.69, 9.17) is 0 Å². The molecule has 1 saturated carbocycles. The first kappa shape index (κ1) is 26.0. The molecule has 5 rings (SSSR count). The highest BCUT2D eigenvalue weighted by Gasteiger charge is 2.44. The van der Waals surface area contributed by atoms with Gasteiger partial charge >= 0.3 is 0 Å². The van der Waals surface area contributed by atoms with Crippen LogP contribution < -0.4 is 5.32 Å². The number of carbonyl (C=O) groups excluding carboxylic acids is 2. The van der Waals surface area contributed by atoms with Crippen molar-refractivity contribution in [2.45, 2.75) is 56.4 Å². The summed E-state index contributed by atoms with van der Waals surface area (Å²) in [6.07, 6.45) is 7.91. The molecule has 2 aromatic carbocycles. The average Bonchev–Trinajstić information content (AvgIpc) is 3.44. The third-order valence-corrected chi connectivity index (χ3v) is 9.19. The number of carbonyl (C=O) groups is 2. The van der Waals surface area contributed by atoms with Crippen LogP contribution in [-0.4, -0.2) is 59.1 Å². The van der Waals surface area contributed by atoms with Gasteiger partial charge in [0.05, 0.1) is 4.91 Å². The number of amides is 2. The Balaban J connectivity index is 1.27. The molecule has 2 saturated heterocycles. The monoisotopic (exact) mass is 521 g/mol. The Hall–Kier alpha value is -2.64. The lowest BCUT2D eigenvalue weighted by atomic mass is 9.83. The van der Waals surface area contributed by atoms with E-state index in [1.54, 1.807) is 23.9 Å². The number of halogens is 1. The van der Waals surface area contributed by atoms with Crippen LogP contribution in [0.3, 0.4) is 0 Å². The number of rotatable bonds is 8. The lowest BCUT2D eigenvalue weighted by Gasteiger charge is -2.46. The molecule has 2 aliphatic heterocycles. The third kappa shape index (κ3) is 6.63. The van der Waals surface area contributed by atoms with E-state index in [1.807, 2.05) is 41.3 Å². The van der Waals surface area contributed by atoms with Gasteiger partial charge in [-0.3, -0.25) is 9.59 Å². The summed E-state index contributed by atoms with van der Waals surface area (Å²) in [5.74, 6) is -0.265. The number of fused-ring (bicyclic) bond motifs is 1. The molecular weight excluding hydrogens is 485 g/mol. The second-order valence-electron chi connectivity index (χ2n) is 10.4. The summed E-state index contributed by atoms with van der Waals surface area (Å²) in [7, 11) is 0. The maximum Gasteiger partial charge on any atom is 0.260 e. The summed E-state index contributed by atoms with van der Waals surface area (Å²) in [5, 5.41) is 3.41. The van der Waals surface area contributed by atoms with Crippen molar-refractivity contribution in [3.05, 3.63) is 76.4 Å². The Kier molecular flexibility index (Phi) is 8.62. The third-order valence-electron chi connectivity index (χ3n) is 7.79. The Morgan fingerprint density at radius 2 is 1.81 bits per heavy atom. The molecule has 196 valence electrons. The lowest BCUT2D eigenvalue weighted by molar-refractivity contribution is -0.133. The zero-order chi connectivity index (χ0) is 25.6. The molecule has 3 aliphatic rings. The SMILES string of the molecule is O=C(NCCCN1CCCC1)C1CCC2S/C(=C\c3ccccc3)C(=O)N(Cc3ccc(F)cc3)C2C1. The van der Waals surface area contributed by atoms with Crippen LogP contribution in [0.1, 0.15) is 49.7 Å². The highest BCUT2D eigenvalue weighted by atomic mass is 32.2. The molecule has 7 heteroatoms. The predicted molar refractivity (Wildman–Crippen MR) is 147 cm³/mol. The minimum atomic E-state index is -0.286. The van der Waals surface area contributed by atoms with Crippen LogP contribution in [0.5, 0.6) is 0 Å². The van der Waals surface area contributed by atoms with Gasteiger partial charge in [-0.1, -0.05) is 42.5 Å². The van der Waals surface area contributed by atoms with E-state index in [2.05, 4.69) is 10.2 Å². The maximum absolute atomic E-state index is 13.7. The topological polar surface area (TPSA) is 52.7 Å². The van der Waals surface area contributed by atoms with Crippen LogP contribution in [0.4, 0.5) is 4.39 Å². The largest absolute Gasteiger partial charge is 0.356 e. The average molecular weight is 522 g/mol. The number of likely N-dealkylation sites (tertiary alicyclic amines) is 1. The van der Waals surface area contributed by atoms with E-state index in [-0.39, 0.29) is 34.8 Å². The lowest BCUT2D eigenvalue weighted by Crippen LogP contribution is -2.53. The van der Waals surface area contributed by atoms with Gasteiger partial charge < -0.3 is 15.1 Å². The number of nitrogens with zero attached hydrogens (tertiary/aromatic N) is 2. The molecule has 0 bridgehead atoms. The van der Waals surface area contributed by atoms with Gasteiger partial charge in [-0.15, -0.1) is 11.8 Å². The second kappa shape index (κ2) is 12.3. The van der Waals surface area contributed by atoms with Crippen molar-refractivity contribution in [3.8, 4) is 0 Å². The molecule has 3 atom stereocenters. The Morgan fingerprint density at radius 3 is 2.57 bits per heavy atom. The Bertz CT molecular complexity index is 1100. The van der Waals surface area contributed by atoms with Gasteiger partial charge in [0.25, 0.3) is 5.91 Å². The van der Waals surface area contributed by atoms with Crippen molar-refractivity contribution >= 4 is 29.7 Å². The smallest absolute Gasteiger partial charge is 0.260 e. The van der Waals surface area contributed by atoms with E-state index < -0.39 is 0 Å². The van der Waals surface area contributed by atoms with Crippen molar-refractivity contribution in [3.63, 3.8) is 0 Å². The van der Waals surface area contributed by atoms with Crippen LogP contribution in [-0.2, 0) is 16.1 Å². The molecule has 3 unspecified atom stereocenters. The Labute approximate surface area is 223 Å². The van der Waals surface area contributed by atoms with Gasteiger partial charge in [-0.05, 0) is 87.5 Å². The highest BCUT2D eigenvalue weighted by Crippen LogP contribution is 2.44. The van der Waals surface area contributed by atoms with Crippen molar-refractivity contribution < 1.29 is 14.0 Å². The summed E-state index contributed by atoms with van der Waals surface area (Å²) in [4.78, 5) is 31.9. The molecule has 0 spiro atoms. The van der Waals surface area contributed by atoms with Gasteiger partial charge in [-0.25, -0.2) is 4.39 Å². The standard InChI is InChI=1S/C30H36FN3O2S/c31-25-12-9-23(10-13-25)21-34-26-20-24(29(35)32-15-6-18-33-16-4-5-17-33)11-14-27(26)37-28(30(34)36)19-22-7-2-1-3-8-22/h1-3,7-10,12-13,19,24,26-27H,4-6,11,14-18,20-21H2,(H,32,35)/b28-19-. The highest BCUT2D eigenvalue weighted by molar-refractivity contribution is 8.04. The number of hydrogen-bond donors (Lipinski definition) is 1. The number of nitrogens with one attached hydrogen (secondary N) is 1. The molecule has 0 aromatic heterocycles. The van der Waals surface area contributed by atoms with Gasteiger partial charge in [0, 0.05) is 30.3 Å². The summed E-state index contributed by atoms with van der Waals surface area (Å²) in [6, 6.07) is 16.3. The molecular formula is C30H36FN3O2S. The van der Waals surface area contributed by atoms with E-state index in [0.29, 0.717) is 19.5 Å². The van der Waals surface area contributed by atoms with Crippen molar-refractivity contribution in [1.82, 2.24) is 15.1 Å². The minimum absolute atomic E-state index is 0.00824. The van der Waals surface area contributed by atoms with E-state index in [0.717, 1.165) is 41.8 Å². The zero-order valence-electron chi connectivity index (χ0n) is 21.3. The molecule has 0 radical (unpaired) electrons. The quantitative estimate of drug-likeness (QED) is 0.389. The van der Waals surface area contributed by atoms with Crippen molar-refractivity contribution in [1.29, 1.82) is 0 Å². The molecule has 1 N–H and O–H groups in total. The predicted octanol–water partition coefficient (Wildman–Crippen LogP) is 5.08. The Morgan fingerprint density at radius 1 is 1.05 bits per heavy atom. The molecule has 37 heavy (non-hydrogen) atoms. The first-order valence-corrected chi connectivity index (χ1v) is 14.4. The van der Waals surface area contributed by atoms with Crippen LogP contribution in [0.2, 0.25) is 0 Å². The normalized spacial score (nSPS) is 25.3. The zero-order valence-corrected chi connectivity index (χ0v) is 22.1. The first-order chi connectivity index (χ1) is 18.1. The van der Waals surface area contributed by atoms with Crippen LogP contribution in [0.25, 0.3) is 6.08 Å². The maximum atomic E-state index is 13.7. The van der Waals surface area contributed by atoms with Crippen LogP contribution in [0.15, 0.2) is 59.5 Å². The van der Waals surface area contributed by atoms with Crippen molar-refractivity contribution in [2.24, 2.45) is 5.92 Å². The molecule has 2 amide bonds. The van der Waals surface area contributed by atoms with Crippen molar-refractivity contribution in [2.75, 3.05) is 26.2 Å². The molecule has 1 aliphatic carbocycles. The van der Waals surface area contributed by atoms with E-state index in [9.17, 15) is 14.0 Å². The second-order valence-corrected chi connectivity index (χ2v) is 11.7. The van der Waals surface area contributed by atoms with Gasteiger partial charge in [-0.2, -0.15) is 0 Å². The van der Waals surface area contributed by atoms with Crippen LogP contribution in [0, 0.1) is 11.7 Å². The summed E-state index contributed by atoms with van der Waals surface area (Å²) in [5.41, 5.74) is 1.90. The fourth-order valence-electron chi connectivity index (χ4n) is 5.76. The van der Waals surface area contributed by atoms with Gasteiger partial charge in [0.1, 0.15) is 5.82 Å². The molecule has 3 fully saturated rings. The first-order valence-electron chi connectivity index (χ1n) is 13.6. The van der Waals surface area contributed by atoms with Crippen LogP contribution >= 0.6 is 11.8 Å². The fraction of sp³-hybridized carbons (Fsp3) is 0.467. The molecule has 2 aromatic rings. The minimum Gasteiger partial charge on any atom is -0.356 e. The van der Waals surface area contributed by atoms with Gasteiger partial charge in [0.15, 0.2) is 0 Å². The summed E-state index contributed by atoms with van der Waals surface area (Å²) >= 11 is 1.66. The van der Waals surface area contributed by atoms with E-state index >= 15 is 0 Å².